The smallest absolute Gasteiger partial charge is 0.228 e. The van der Waals surface area contributed by atoms with Crippen LogP contribution in [0, 0.1) is 11.6 Å². The van der Waals surface area contributed by atoms with Gasteiger partial charge in [0.15, 0.2) is 5.16 Å². The molecule has 0 amide bonds. The highest BCUT2D eigenvalue weighted by Gasteiger charge is 2.24. The molecule has 0 radical (unpaired) electrons. The SMILES string of the molecule is CC(Sc1nnc(N2CCCC2)n1Cc1ccco1)c1ccc(F)cc1F. The average Bonchev–Trinajstić information content (AvgIpc) is 3.38. The molecule has 8 heteroatoms. The number of furan rings is 1. The molecule has 1 fully saturated rings. The van der Waals surface area contributed by atoms with Gasteiger partial charge in [0.05, 0.1) is 12.8 Å². The Morgan fingerprint density at radius 2 is 2.00 bits per heavy atom. The fourth-order valence-electron chi connectivity index (χ4n) is 3.27. The van der Waals surface area contributed by atoms with E-state index in [9.17, 15) is 8.78 Å². The van der Waals surface area contributed by atoms with E-state index in [4.69, 9.17) is 4.42 Å². The minimum atomic E-state index is -0.578. The quantitative estimate of drug-likeness (QED) is 0.573. The van der Waals surface area contributed by atoms with Crippen molar-refractivity contribution in [1.82, 2.24) is 14.8 Å². The van der Waals surface area contributed by atoms with Crippen LogP contribution in [0.15, 0.2) is 46.2 Å². The fraction of sp³-hybridized carbons (Fsp3) is 0.368. The monoisotopic (exact) mass is 390 g/mol. The Balaban J connectivity index is 1.63. The third kappa shape index (κ3) is 3.85. The second-order valence-electron chi connectivity index (χ2n) is 6.57. The highest BCUT2D eigenvalue weighted by molar-refractivity contribution is 7.99. The van der Waals surface area contributed by atoms with Gasteiger partial charge in [-0.15, -0.1) is 10.2 Å². The molecule has 0 saturated carbocycles. The van der Waals surface area contributed by atoms with Gasteiger partial charge in [0.25, 0.3) is 0 Å². The summed E-state index contributed by atoms with van der Waals surface area (Å²) in [5, 5.41) is 9.18. The molecule has 1 atom stereocenters. The Bertz CT molecular complexity index is 907. The predicted octanol–water partition coefficient (Wildman–Crippen LogP) is 4.65. The van der Waals surface area contributed by atoms with Gasteiger partial charge in [-0.05, 0) is 38.0 Å². The van der Waals surface area contributed by atoms with E-state index in [0.717, 1.165) is 43.7 Å². The number of benzene rings is 1. The Morgan fingerprint density at radius 3 is 2.70 bits per heavy atom. The molecule has 4 rings (SSSR count). The van der Waals surface area contributed by atoms with Crippen LogP contribution in [0.25, 0.3) is 0 Å². The predicted molar refractivity (Wildman–Crippen MR) is 99.9 cm³/mol. The molecule has 1 aliphatic heterocycles. The van der Waals surface area contributed by atoms with Crippen LogP contribution in [0.4, 0.5) is 14.7 Å². The van der Waals surface area contributed by atoms with E-state index in [0.29, 0.717) is 17.3 Å². The Kier molecular flexibility index (Phi) is 5.15. The molecule has 1 aliphatic rings. The first-order valence-corrected chi connectivity index (χ1v) is 9.82. The van der Waals surface area contributed by atoms with Crippen molar-refractivity contribution in [2.24, 2.45) is 0 Å². The Hall–Kier alpha value is -2.35. The largest absolute Gasteiger partial charge is 0.467 e. The second-order valence-corrected chi connectivity index (χ2v) is 7.88. The molecular weight excluding hydrogens is 370 g/mol. The number of nitrogens with zero attached hydrogens (tertiary/aromatic N) is 4. The van der Waals surface area contributed by atoms with Crippen LogP contribution in [0.5, 0.6) is 0 Å². The van der Waals surface area contributed by atoms with E-state index in [1.54, 1.807) is 6.26 Å². The van der Waals surface area contributed by atoms with Crippen molar-refractivity contribution < 1.29 is 13.2 Å². The first kappa shape index (κ1) is 18.0. The summed E-state index contributed by atoms with van der Waals surface area (Å²) in [7, 11) is 0. The van der Waals surface area contributed by atoms with E-state index < -0.39 is 11.6 Å². The maximum atomic E-state index is 14.1. The summed E-state index contributed by atoms with van der Waals surface area (Å²) >= 11 is 1.40. The van der Waals surface area contributed by atoms with Crippen LogP contribution >= 0.6 is 11.8 Å². The maximum absolute atomic E-state index is 14.1. The Labute approximate surface area is 160 Å². The molecule has 3 aromatic rings. The first-order valence-electron chi connectivity index (χ1n) is 8.94. The third-order valence-corrected chi connectivity index (χ3v) is 5.78. The van der Waals surface area contributed by atoms with Crippen LogP contribution < -0.4 is 4.90 Å². The summed E-state index contributed by atoms with van der Waals surface area (Å²) in [6, 6.07) is 7.43. The van der Waals surface area contributed by atoms with Gasteiger partial charge in [-0.1, -0.05) is 17.8 Å². The standard InChI is InChI=1S/C19H20F2N4OS/c1-13(16-7-6-14(20)11-17(16)21)27-19-23-22-18(24-8-2-3-9-24)25(19)12-15-5-4-10-26-15/h4-7,10-11,13H,2-3,8-9,12H2,1H3. The van der Waals surface area contributed by atoms with Crippen LogP contribution in [0.3, 0.4) is 0 Å². The van der Waals surface area contributed by atoms with Crippen molar-refractivity contribution in [1.29, 1.82) is 0 Å². The van der Waals surface area contributed by atoms with E-state index in [1.807, 2.05) is 23.6 Å². The van der Waals surface area contributed by atoms with Gasteiger partial charge in [0, 0.05) is 30.0 Å². The van der Waals surface area contributed by atoms with E-state index >= 15 is 0 Å². The lowest BCUT2D eigenvalue weighted by molar-refractivity contribution is 0.483. The number of halogens is 2. The normalized spacial score (nSPS) is 15.4. The number of rotatable bonds is 6. The lowest BCUT2D eigenvalue weighted by atomic mass is 10.1. The molecule has 1 saturated heterocycles. The first-order chi connectivity index (χ1) is 13.1. The molecule has 2 aromatic heterocycles. The number of thioether (sulfide) groups is 1. The zero-order valence-corrected chi connectivity index (χ0v) is 15.8. The van der Waals surface area contributed by atoms with Gasteiger partial charge in [-0.2, -0.15) is 0 Å². The number of aromatic nitrogens is 3. The number of hydrogen-bond acceptors (Lipinski definition) is 5. The summed E-state index contributed by atoms with van der Waals surface area (Å²) in [4.78, 5) is 2.21. The summed E-state index contributed by atoms with van der Waals surface area (Å²) in [5.74, 6) is 0.480. The van der Waals surface area contributed by atoms with E-state index in [-0.39, 0.29) is 5.25 Å². The molecule has 27 heavy (non-hydrogen) atoms. The molecular formula is C19H20F2N4OS. The van der Waals surface area contributed by atoms with Gasteiger partial charge in [0.2, 0.25) is 5.95 Å². The number of anilines is 1. The fourth-order valence-corrected chi connectivity index (χ4v) is 4.26. The molecule has 0 N–H and O–H groups in total. The molecule has 0 bridgehead atoms. The lowest BCUT2D eigenvalue weighted by Crippen LogP contribution is -2.22. The minimum Gasteiger partial charge on any atom is -0.467 e. The summed E-state index contributed by atoms with van der Waals surface area (Å²) < 4.78 is 34.8. The topological polar surface area (TPSA) is 47.1 Å². The highest BCUT2D eigenvalue weighted by atomic mass is 32.2. The molecule has 142 valence electrons. The summed E-state index contributed by atoms with van der Waals surface area (Å²) in [6.07, 6.45) is 3.90. The average molecular weight is 390 g/mol. The summed E-state index contributed by atoms with van der Waals surface area (Å²) in [6.45, 7) is 4.28. The highest BCUT2D eigenvalue weighted by Crippen LogP contribution is 2.37. The molecule has 0 aliphatic carbocycles. The van der Waals surface area contributed by atoms with E-state index in [1.165, 1.54) is 23.9 Å². The second kappa shape index (κ2) is 7.72. The zero-order valence-electron chi connectivity index (χ0n) is 14.9. The number of hydrogen-bond donors (Lipinski definition) is 0. The zero-order chi connectivity index (χ0) is 18.8. The van der Waals surface area contributed by atoms with Crippen molar-refractivity contribution >= 4 is 17.7 Å². The van der Waals surface area contributed by atoms with Gasteiger partial charge < -0.3 is 9.32 Å². The molecule has 0 spiro atoms. The van der Waals surface area contributed by atoms with Crippen LogP contribution in [-0.2, 0) is 6.54 Å². The molecule has 3 heterocycles. The van der Waals surface area contributed by atoms with E-state index in [2.05, 4.69) is 15.1 Å². The minimum absolute atomic E-state index is 0.239. The maximum Gasteiger partial charge on any atom is 0.228 e. The van der Waals surface area contributed by atoms with Crippen molar-refractivity contribution in [2.45, 2.75) is 36.7 Å². The van der Waals surface area contributed by atoms with Crippen molar-refractivity contribution in [3.05, 3.63) is 59.6 Å². The van der Waals surface area contributed by atoms with Gasteiger partial charge in [0.1, 0.15) is 17.4 Å². The Morgan fingerprint density at radius 1 is 1.19 bits per heavy atom. The molecule has 1 unspecified atom stereocenters. The summed E-state index contributed by atoms with van der Waals surface area (Å²) in [5.41, 5.74) is 0.441. The van der Waals surface area contributed by atoms with Gasteiger partial charge in [-0.25, -0.2) is 8.78 Å². The van der Waals surface area contributed by atoms with Crippen LogP contribution in [0.2, 0.25) is 0 Å². The van der Waals surface area contributed by atoms with Crippen LogP contribution in [0.1, 0.15) is 36.3 Å². The van der Waals surface area contributed by atoms with Crippen molar-refractivity contribution in [3.63, 3.8) is 0 Å². The molecule has 1 aromatic carbocycles. The third-order valence-electron chi connectivity index (χ3n) is 4.66. The van der Waals surface area contributed by atoms with Gasteiger partial charge >= 0.3 is 0 Å². The molecule has 5 nitrogen and oxygen atoms in total. The lowest BCUT2D eigenvalue weighted by Gasteiger charge is -2.18. The van der Waals surface area contributed by atoms with Crippen molar-refractivity contribution in [2.75, 3.05) is 18.0 Å². The van der Waals surface area contributed by atoms with Crippen LogP contribution in [-0.4, -0.2) is 27.9 Å². The van der Waals surface area contributed by atoms with Crippen molar-refractivity contribution in [3.8, 4) is 0 Å². The van der Waals surface area contributed by atoms with Gasteiger partial charge in [-0.3, -0.25) is 4.57 Å².